The molecule has 150 valence electrons. The van der Waals surface area contributed by atoms with Crippen molar-refractivity contribution in [2.45, 2.75) is 62.4 Å². The number of nitrogens with one attached hydrogen (secondary N) is 2. The first-order valence-corrected chi connectivity index (χ1v) is 11.7. The van der Waals surface area contributed by atoms with Crippen LogP contribution in [0.15, 0.2) is 33.6 Å². The maximum absolute atomic E-state index is 12.7. The molecule has 3 saturated carbocycles. The maximum atomic E-state index is 12.7. The highest BCUT2D eigenvalue weighted by Gasteiger charge is 2.42. The van der Waals surface area contributed by atoms with Crippen LogP contribution in [-0.4, -0.2) is 26.4 Å². The van der Waals surface area contributed by atoms with Crippen molar-refractivity contribution in [2.75, 3.05) is 0 Å². The molecule has 7 heteroatoms. The molecule has 0 spiro atoms. The molecule has 0 saturated heterocycles. The molecule has 3 fully saturated rings. The van der Waals surface area contributed by atoms with Crippen molar-refractivity contribution in [3.63, 3.8) is 0 Å². The maximum Gasteiger partial charge on any atom is 0.287 e. The fraction of sp³-hybridized carbons (Fsp3) is 0.571. The van der Waals surface area contributed by atoms with E-state index in [0.29, 0.717) is 16.9 Å². The molecular formula is C21H26N2O4S. The largest absolute Gasteiger partial charge is 0.451 e. The fourth-order valence-electron chi connectivity index (χ4n) is 5.08. The van der Waals surface area contributed by atoms with Crippen molar-refractivity contribution in [2.24, 2.45) is 17.8 Å². The van der Waals surface area contributed by atoms with Gasteiger partial charge < -0.3 is 9.73 Å². The minimum atomic E-state index is -3.53. The zero-order valence-corrected chi connectivity index (χ0v) is 16.8. The lowest BCUT2D eigenvalue weighted by molar-refractivity contribution is 0.0889. The Kier molecular flexibility index (Phi) is 4.28. The Morgan fingerprint density at radius 3 is 2.64 bits per heavy atom. The van der Waals surface area contributed by atoms with Crippen LogP contribution in [0, 0.1) is 17.8 Å². The van der Waals surface area contributed by atoms with Gasteiger partial charge in [-0.15, -0.1) is 0 Å². The van der Waals surface area contributed by atoms with Gasteiger partial charge in [0.2, 0.25) is 10.0 Å². The van der Waals surface area contributed by atoms with Crippen LogP contribution < -0.4 is 10.0 Å². The Morgan fingerprint density at radius 1 is 1.14 bits per heavy atom. The number of rotatable bonds is 6. The minimum Gasteiger partial charge on any atom is -0.451 e. The van der Waals surface area contributed by atoms with E-state index in [2.05, 4.69) is 17.0 Å². The quantitative estimate of drug-likeness (QED) is 0.775. The molecule has 2 aromatic rings. The third-order valence-corrected chi connectivity index (χ3v) is 8.23. The molecule has 1 aromatic carbocycles. The number of hydrogen-bond acceptors (Lipinski definition) is 4. The lowest BCUT2D eigenvalue weighted by Gasteiger charge is -2.28. The van der Waals surface area contributed by atoms with E-state index in [1.807, 2.05) is 0 Å². The molecule has 2 N–H and O–H groups in total. The van der Waals surface area contributed by atoms with Crippen LogP contribution in [0.1, 0.15) is 56.0 Å². The van der Waals surface area contributed by atoms with Gasteiger partial charge in [-0.1, -0.05) is 6.42 Å². The Balaban J connectivity index is 1.32. The third-order valence-electron chi connectivity index (χ3n) is 6.71. The highest BCUT2D eigenvalue weighted by molar-refractivity contribution is 7.89. The number of benzene rings is 1. The van der Waals surface area contributed by atoms with Crippen molar-refractivity contribution in [1.29, 1.82) is 0 Å². The minimum absolute atomic E-state index is 0.0544. The molecule has 4 unspecified atom stereocenters. The molecule has 1 amide bonds. The van der Waals surface area contributed by atoms with Crippen molar-refractivity contribution in [1.82, 2.24) is 10.0 Å². The number of fused-ring (bicyclic) bond motifs is 3. The van der Waals surface area contributed by atoms with Gasteiger partial charge in [-0.05, 0) is 81.0 Å². The summed E-state index contributed by atoms with van der Waals surface area (Å²) in [5, 5.41) is 3.72. The van der Waals surface area contributed by atoms with Crippen LogP contribution in [0.5, 0.6) is 0 Å². The van der Waals surface area contributed by atoms with Crippen molar-refractivity contribution >= 4 is 26.9 Å². The van der Waals surface area contributed by atoms with Gasteiger partial charge >= 0.3 is 0 Å². The van der Waals surface area contributed by atoms with E-state index in [4.69, 9.17) is 4.42 Å². The number of amides is 1. The normalized spacial score (nSPS) is 28.0. The Morgan fingerprint density at radius 2 is 1.96 bits per heavy atom. The standard InChI is InChI=1S/C21H26N2O4S/c1-12(18-9-13-2-3-14(18)8-13)22-21(24)20-11-15-10-17(6-7-19(15)27-20)28(25,26)23-16-4-5-16/h6-7,10-14,16,18,23H,2-5,8-9H2,1H3,(H,22,24). The fourth-order valence-corrected chi connectivity index (χ4v) is 6.42. The highest BCUT2D eigenvalue weighted by atomic mass is 32.2. The van der Waals surface area contributed by atoms with Crippen molar-refractivity contribution in [3.05, 3.63) is 30.0 Å². The molecule has 6 nitrogen and oxygen atoms in total. The van der Waals surface area contributed by atoms with Crippen LogP contribution in [0.3, 0.4) is 0 Å². The Hall–Kier alpha value is -1.86. The van der Waals surface area contributed by atoms with Gasteiger partial charge in [-0.25, -0.2) is 13.1 Å². The summed E-state index contributed by atoms with van der Waals surface area (Å²) in [7, 11) is -3.53. The monoisotopic (exact) mass is 402 g/mol. The summed E-state index contributed by atoms with van der Waals surface area (Å²) < 4.78 is 33.2. The molecule has 5 rings (SSSR count). The average Bonchev–Trinajstić information content (AvgIpc) is 3.10. The van der Waals surface area contributed by atoms with Crippen molar-refractivity contribution < 1.29 is 17.6 Å². The Labute approximate surface area is 165 Å². The van der Waals surface area contributed by atoms with E-state index < -0.39 is 10.0 Å². The summed E-state index contributed by atoms with van der Waals surface area (Å²) in [6.45, 7) is 2.08. The molecule has 2 bridgehead atoms. The predicted octanol–water partition coefficient (Wildman–Crippen LogP) is 3.43. The van der Waals surface area contributed by atoms with Gasteiger partial charge in [0.05, 0.1) is 4.90 Å². The first kappa shape index (κ1) is 18.2. The average molecular weight is 403 g/mol. The number of hydrogen-bond donors (Lipinski definition) is 2. The van der Waals surface area contributed by atoms with Gasteiger partial charge in [0.15, 0.2) is 5.76 Å². The van der Waals surface area contributed by atoms with Crippen LogP contribution >= 0.6 is 0 Å². The van der Waals surface area contributed by atoms with E-state index in [-0.39, 0.29) is 28.6 Å². The number of furan rings is 1. The summed E-state index contributed by atoms with van der Waals surface area (Å²) in [5.74, 6) is 2.13. The second-order valence-corrected chi connectivity index (χ2v) is 10.5. The van der Waals surface area contributed by atoms with E-state index in [9.17, 15) is 13.2 Å². The van der Waals surface area contributed by atoms with Gasteiger partial charge in [0.1, 0.15) is 5.58 Å². The molecular weight excluding hydrogens is 376 g/mol. The van der Waals surface area contributed by atoms with Gasteiger partial charge in [0, 0.05) is 17.5 Å². The highest BCUT2D eigenvalue weighted by Crippen LogP contribution is 2.49. The van der Waals surface area contributed by atoms with E-state index in [0.717, 1.165) is 24.7 Å². The zero-order chi connectivity index (χ0) is 19.5. The van der Waals surface area contributed by atoms with Crippen LogP contribution in [0.4, 0.5) is 0 Å². The molecule has 3 aliphatic carbocycles. The lowest BCUT2D eigenvalue weighted by atomic mass is 9.84. The first-order valence-electron chi connectivity index (χ1n) is 10.3. The third kappa shape index (κ3) is 3.35. The molecule has 1 heterocycles. The van der Waals surface area contributed by atoms with Gasteiger partial charge in [0.25, 0.3) is 5.91 Å². The smallest absolute Gasteiger partial charge is 0.287 e. The summed E-state index contributed by atoms with van der Waals surface area (Å²) >= 11 is 0. The van der Waals surface area contributed by atoms with E-state index >= 15 is 0 Å². The summed E-state index contributed by atoms with van der Waals surface area (Å²) in [5.41, 5.74) is 0.517. The zero-order valence-electron chi connectivity index (χ0n) is 16.0. The van der Waals surface area contributed by atoms with Crippen LogP contribution in [0.25, 0.3) is 11.0 Å². The molecule has 3 aliphatic rings. The second-order valence-electron chi connectivity index (χ2n) is 8.81. The lowest BCUT2D eigenvalue weighted by Crippen LogP contribution is -2.39. The molecule has 1 aromatic heterocycles. The summed E-state index contributed by atoms with van der Waals surface area (Å²) in [6.07, 6.45) is 6.91. The van der Waals surface area contributed by atoms with E-state index in [1.165, 1.54) is 31.7 Å². The SMILES string of the molecule is CC(NC(=O)c1cc2cc(S(=O)(=O)NC3CC3)ccc2o1)C1CC2CCC1C2. The number of sulfonamides is 1. The predicted molar refractivity (Wildman–Crippen MR) is 105 cm³/mol. The van der Waals surface area contributed by atoms with Crippen LogP contribution in [0.2, 0.25) is 0 Å². The van der Waals surface area contributed by atoms with Crippen molar-refractivity contribution in [3.8, 4) is 0 Å². The molecule has 4 atom stereocenters. The second kappa shape index (κ2) is 6.59. The molecule has 0 radical (unpaired) electrons. The van der Waals surface area contributed by atoms with Gasteiger partial charge in [-0.3, -0.25) is 4.79 Å². The van der Waals surface area contributed by atoms with Gasteiger partial charge in [-0.2, -0.15) is 0 Å². The first-order chi connectivity index (χ1) is 13.4. The van der Waals surface area contributed by atoms with Crippen LogP contribution in [-0.2, 0) is 10.0 Å². The number of carbonyl (C=O) groups is 1. The van der Waals surface area contributed by atoms with E-state index in [1.54, 1.807) is 18.2 Å². The summed E-state index contributed by atoms with van der Waals surface area (Å²) in [4.78, 5) is 12.9. The number of carbonyl (C=O) groups excluding carboxylic acids is 1. The molecule has 28 heavy (non-hydrogen) atoms. The topological polar surface area (TPSA) is 88.4 Å². The Bertz CT molecular complexity index is 1020. The molecule has 0 aliphatic heterocycles. The summed E-state index contributed by atoms with van der Waals surface area (Å²) in [6, 6.07) is 6.52.